The summed E-state index contributed by atoms with van der Waals surface area (Å²) in [7, 11) is 0. The summed E-state index contributed by atoms with van der Waals surface area (Å²) in [5.41, 5.74) is -8.23. The van der Waals surface area contributed by atoms with Crippen LogP contribution < -0.4 is 0 Å². The third-order valence-corrected chi connectivity index (χ3v) is 2.64. The molecule has 0 radical (unpaired) electrons. The maximum Gasteiger partial charge on any atom is 0.436 e. The lowest BCUT2D eigenvalue weighted by Crippen LogP contribution is -2.51. The van der Waals surface area contributed by atoms with Crippen LogP contribution in [0.2, 0.25) is 10.0 Å². The van der Waals surface area contributed by atoms with E-state index in [1.165, 1.54) is 0 Å². The van der Waals surface area contributed by atoms with Crippen LogP contribution in [0.1, 0.15) is 5.56 Å². The molecule has 0 nitrogen and oxygen atoms in total. The summed E-state index contributed by atoms with van der Waals surface area (Å²) in [4.78, 5) is 0. The van der Waals surface area contributed by atoms with Crippen LogP contribution in [0.15, 0.2) is 12.1 Å². The summed E-state index contributed by atoms with van der Waals surface area (Å²) < 4.78 is 101. The van der Waals surface area contributed by atoms with E-state index in [1.54, 1.807) is 0 Å². The molecule has 0 aliphatic rings. The highest BCUT2D eigenvalue weighted by atomic mass is 35.5. The quantitative estimate of drug-likeness (QED) is 0.475. The molecule has 0 fully saturated rings. The molecule has 0 bridgehead atoms. The van der Waals surface area contributed by atoms with Gasteiger partial charge in [-0.15, -0.1) is 0 Å². The number of alkyl halides is 7. The fraction of sp³-hybridized carbons (Fsp3) is 0.333. The van der Waals surface area contributed by atoms with Gasteiger partial charge >= 0.3 is 18.0 Å². The van der Waals surface area contributed by atoms with Gasteiger partial charge in [-0.05, 0) is 12.1 Å². The average Bonchev–Trinajstić information content (AvgIpc) is 2.18. The molecular weight excluding hydrogens is 331 g/mol. The van der Waals surface area contributed by atoms with Crippen molar-refractivity contribution in [1.29, 1.82) is 0 Å². The third kappa shape index (κ3) is 2.60. The van der Waals surface area contributed by atoms with E-state index >= 15 is 0 Å². The highest BCUT2D eigenvalue weighted by Crippen LogP contribution is 2.54. The molecule has 0 saturated heterocycles. The zero-order valence-electron chi connectivity index (χ0n) is 8.43. The number of halogens is 10. The first-order valence-electron chi connectivity index (χ1n) is 4.29. The molecule has 0 atom stereocenters. The Bertz CT molecular complexity index is 476. The molecule has 0 N–H and O–H groups in total. The first-order chi connectivity index (χ1) is 8.32. The maximum absolute atomic E-state index is 13.6. The van der Waals surface area contributed by atoms with E-state index in [-0.39, 0.29) is 6.07 Å². The molecule has 1 rings (SSSR count). The zero-order valence-corrected chi connectivity index (χ0v) is 9.95. The molecule has 0 aromatic heterocycles. The van der Waals surface area contributed by atoms with Crippen molar-refractivity contribution >= 4 is 23.2 Å². The van der Waals surface area contributed by atoms with Gasteiger partial charge in [0.1, 0.15) is 5.82 Å². The molecule has 0 spiro atoms. The van der Waals surface area contributed by atoms with Gasteiger partial charge in [0.25, 0.3) is 0 Å². The lowest BCUT2D eigenvalue weighted by Gasteiger charge is -2.30. The molecule has 0 amide bonds. The third-order valence-electron chi connectivity index (χ3n) is 2.15. The van der Waals surface area contributed by atoms with Crippen LogP contribution in [0.3, 0.4) is 0 Å². The topological polar surface area (TPSA) is 0 Å². The first kappa shape index (κ1) is 16.3. The minimum absolute atomic E-state index is 0.107. The number of rotatable bonds is 1. The monoisotopic (exact) mass is 332 g/mol. The summed E-state index contributed by atoms with van der Waals surface area (Å²) in [6, 6.07) is 0.443. The molecule has 1 aromatic carbocycles. The fourth-order valence-electron chi connectivity index (χ4n) is 1.27. The Labute approximate surface area is 110 Å². The molecule has 0 saturated carbocycles. The standard InChI is InChI=1S/C9H2Cl2F8/c10-3-1-4(6(12)5(11)2-3)7(13,8(14,15)16)9(17,18)19/h1-2H. The van der Waals surface area contributed by atoms with Crippen LogP contribution in [0.25, 0.3) is 0 Å². The number of hydrogen-bond acceptors (Lipinski definition) is 0. The minimum Gasteiger partial charge on any atom is -0.218 e. The van der Waals surface area contributed by atoms with Gasteiger partial charge in [-0.25, -0.2) is 8.78 Å². The number of hydrogen-bond donors (Lipinski definition) is 0. The van der Waals surface area contributed by atoms with Gasteiger partial charge in [0.15, 0.2) is 0 Å². The molecule has 0 unspecified atom stereocenters. The maximum atomic E-state index is 13.6. The van der Waals surface area contributed by atoms with E-state index in [4.69, 9.17) is 23.2 Å². The predicted octanol–water partition coefficient (Wildman–Crippen LogP) is 5.42. The molecular formula is C9H2Cl2F8. The molecule has 19 heavy (non-hydrogen) atoms. The van der Waals surface area contributed by atoms with Crippen LogP contribution in [0.4, 0.5) is 35.1 Å². The van der Waals surface area contributed by atoms with Gasteiger partial charge in [0, 0.05) is 10.6 Å². The first-order valence-corrected chi connectivity index (χ1v) is 5.05. The molecule has 108 valence electrons. The normalized spacial score (nSPS) is 13.8. The molecule has 0 aliphatic heterocycles. The van der Waals surface area contributed by atoms with Crippen molar-refractivity contribution in [2.45, 2.75) is 18.0 Å². The van der Waals surface area contributed by atoms with E-state index in [1.807, 2.05) is 0 Å². The van der Waals surface area contributed by atoms with Crippen LogP contribution >= 0.6 is 23.2 Å². The fourth-order valence-corrected chi connectivity index (χ4v) is 1.77. The Balaban J connectivity index is 3.71. The van der Waals surface area contributed by atoms with E-state index in [0.29, 0.717) is 6.07 Å². The SMILES string of the molecule is Fc1c(Cl)cc(Cl)cc1C(F)(C(F)(F)F)C(F)(F)F. The molecule has 1 aromatic rings. The largest absolute Gasteiger partial charge is 0.436 e. The molecule has 10 heteroatoms. The van der Waals surface area contributed by atoms with Crippen molar-refractivity contribution in [3.63, 3.8) is 0 Å². The summed E-state index contributed by atoms with van der Waals surface area (Å²) in [6.07, 6.45) is -12.9. The van der Waals surface area contributed by atoms with Gasteiger partial charge in [0.2, 0.25) is 0 Å². The summed E-state index contributed by atoms with van der Waals surface area (Å²) in [5, 5.41) is -1.92. The number of benzene rings is 1. The molecule has 0 aliphatic carbocycles. The van der Waals surface area contributed by atoms with E-state index in [9.17, 15) is 35.1 Å². The van der Waals surface area contributed by atoms with Gasteiger partial charge in [0.05, 0.1) is 5.02 Å². The zero-order chi connectivity index (χ0) is 15.2. The van der Waals surface area contributed by atoms with Gasteiger partial charge < -0.3 is 0 Å². The smallest absolute Gasteiger partial charge is 0.218 e. The van der Waals surface area contributed by atoms with Crippen LogP contribution in [0.5, 0.6) is 0 Å². The highest BCUT2D eigenvalue weighted by molar-refractivity contribution is 6.34. The van der Waals surface area contributed by atoms with Crippen molar-refractivity contribution < 1.29 is 35.1 Å². The predicted molar refractivity (Wildman–Crippen MR) is 51.3 cm³/mol. The van der Waals surface area contributed by atoms with Crippen LogP contribution in [-0.4, -0.2) is 12.4 Å². The average molecular weight is 333 g/mol. The second kappa shape index (κ2) is 4.66. The Morgan fingerprint density at radius 2 is 1.21 bits per heavy atom. The second-order valence-electron chi connectivity index (χ2n) is 3.40. The Morgan fingerprint density at radius 3 is 1.58 bits per heavy atom. The summed E-state index contributed by atoms with van der Waals surface area (Å²) >= 11 is 10.2. The highest BCUT2D eigenvalue weighted by Gasteiger charge is 2.74. The lowest BCUT2D eigenvalue weighted by atomic mass is 9.93. The van der Waals surface area contributed by atoms with Crippen molar-refractivity contribution in [3.05, 3.63) is 33.6 Å². The molecule has 0 heterocycles. The Morgan fingerprint density at radius 1 is 0.789 bits per heavy atom. The van der Waals surface area contributed by atoms with E-state index < -0.39 is 39.4 Å². The lowest BCUT2D eigenvalue weighted by molar-refractivity contribution is -0.349. The van der Waals surface area contributed by atoms with Crippen molar-refractivity contribution in [3.8, 4) is 0 Å². The summed E-state index contributed by atoms with van der Waals surface area (Å²) in [5.74, 6) is -2.18. The van der Waals surface area contributed by atoms with Crippen molar-refractivity contribution in [2.24, 2.45) is 0 Å². The summed E-state index contributed by atoms with van der Waals surface area (Å²) in [6.45, 7) is 0. The van der Waals surface area contributed by atoms with Gasteiger partial charge in [-0.1, -0.05) is 23.2 Å². The van der Waals surface area contributed by atoms with E-state index in [0.717, 1.165) is 0 Å². The van der Waals surface area contributed by atoms with Crippen LogP contribution in [0, 0.1) is 5.82 Å². The second-order valence-corrected chi connectivity index (χ2v) is 4.25. The van der Waals surface area contributed by atoms with Gasteiger partial charge in [-0.3, -0.25) is 0 Å². The Kier molecular flexibility index (Phi) is 4.00. The van der Waals surface area contributed by atoms with E-state index in [2.05, 4.69) is 0 Å². The van der Waals surface area contributed by atoms with Crippen molar-refractivity contribution in [2.75, 3.05) is 0 Å². The van der Waals surface area contributed by atoms with Crippen LogP contribution in [-0.2, 0) is 5.67 Å². The Hall–Kier alpha value is -0.760. The van der Waals surface area contributed by atoms with Crippen molar-refractivity contribution in [1.82, 2.24) is 0 Å². The van der Waals surface area contributed by atoms with Gasteiger partial charge in [-0.2, -0.15) is 26.3 Å². The minimum atomic E-state index is -6.43.